The fourth-order valence-electron chi connectivity index (χ4n) is 3.18. The lowest BCUT2D eigenvalue weighted by Gasteiger charge is -2.30. The Morgan fingerprint density at radius 3 is 2.81 bits per heavy atom. The summed E-state index contributed by atoms with van der Waals surface area (Å²) in [5.41, 5.74) is 1.20. The highest BCUT2D eigenvalue weighted by atomic mass is 16.5. The molecule has 0 bridgehead atoms. The van der Waals surface area contributed by atoms with Crippen molar-refractivity contribution in [2.75, 3.05) is 0 Å². The molecule has 0 amide bonds. The lowest BCUT2D eigenvalue weighted by Crippen LogP contribution is -2.27. The van der Waals surface area contributed by atoms with Crippen LogP contribution in [0.4, 0.5) is 0 Å². The molecule has 0 aliphatic heterocycles. The molecule has 1 fully saturated rings. The van der Waals surface area contributed by atoms with Crippen LogP contribution in [0.1, 0.15) is 70.0 Å². The Balaban J connectivity index is 1.87. The van der Waals surface area contributed by atoms with Crippen molar-refractivity contribution in [3.8, 4) is 0 Å². The van der Waals surface area contributed by atoms with Crippen LogP contribution in [0.5, 0.6) is 0 Å². The molecule has 0 aromatic carbocycles. The molecule has 1 heterocycles. The van der Waals surface area contributed by atoms with E-state index >= 15 is 0 Å². The van der Waals surface area contributed by atoms with Crippen molar-refractivity contribution < 1.29 is 9.15 Å². The summed E-state index contributed by atoms with van der Waals surface area (Å²) in [7, 11) is 0. The van der Waals surface area contributed by atoms with Gasteiger partial charge in [-0.05, 0) is 31.7 Å². The predicted octanol–water partition coefficient (Wildman–Crippen LogP) is 4.57. The van der Waals surface area contributed by atoms with Crippen LogP contribution in [0, 0.1) is 12.8 Å². The van der Waals surface area contributed by atoms with Crippen LogP contribution in [0.2, 0.25) is 0 Å². The zero-order chi connectivity index (χ0) is 15.2. The average molecular weight is 293 g/mol. The van der Waals surface area contributed by atoms with Crippen LogP contribution >= 0.6 is 0 Å². The number of hydrogen-bond donors (Lipinski definition) is 1. The SMILES string of the molecule is CCC1CCCCC1OCc1cc(CNC(C)C)oc1C. The number of aryl methyl sites for hydroxylation is 1. The normalized spacial score (nSPS) is 22.9. The molecule has 1 aromatic heterocycles. The van der Waals surface area contributed by atoms with Gasteiger partial charge in [0, 0.05) is 11.6 Å². The Hall–Kier alpha value is -0.800. The largest absolute Gasteiger partial charge is 0.465 e. The Kier molecular flexibility index (Phi) is 6.31. The van der Waals surface area contributed by atoms with E-state index < -0.39 is 0 Å². The van der Waals surface area contributed by atoms with E-state index in [0.29, 0.717) is 18.8 Å². The molecule has 1 aliphatic rings. The monoisotopic (exact) mass is 293 g/mol. The van der Waals surface area contributed by atoms with Crippen LogP contribution < -0.4 is 5.32 Å². The van der Waals surface area contributed by atoms with Crippen molar-refractivity contribution in [1.82, 2.24) is 5.32 Å². The van der Waals surface area contributed by atoms with Gasteiger partial charge in [-0.25, -0.2) is 0 Å². The van der Waals surface area contributed by atoms with Crippen LogP contribution in [-0.2, 0) is 17.9 Å². The van der Waals surface area contributed by atoms with Gasteiger partial charge in [0.2, 0.25) is 0 Å². The van der Waals surface area contributed by atoms with E-state index in [9.17, 15) is 0 Å². The summed E-state index contributed by atoms with van der Waals surface area (Å²) >= 11 is 0. The quantitative estimate of drug-likeness (QED) is 0.799. The number of furan rings is 1. The van der Waals surface area contributed by atoms with E-state index in [1.54, 1.807) is 0 Å². The minimum atomic E-state index is 0.440. The number of nitrogens with one attached hydrogen (secondary N) is 1. The lowest BCUT2D eigenvalue weighted by molar-refractivity contribution is -0.0225. The third-order valence-corrected chi connectivity index (χ3v) is 4.57. The Bertz CT molecular complexity index is 425. The van der Waals surface area contributed by atoms with Crippen molar-refractivity contribution in [1.29, 1.82) is 0 Å². The number of hydrogen-bond acceptors (Lipinski definition) is 3. The highest BCUT2D eigenvalue weighted by molar-refractivity contribution is 5.20. The molecule has 3 nitrogen and oxygen atoms in total. The molecule has 1 saturated carbocycles. The number of ether oxygens (including phenoxy) is 1. The smallest absolute Gasteiger partial charge is 0.118 e. The first-order valence-electron chi connectivity index (χ1n) is 8.53. The second-order valence-electron chi connectivity index (χ2n) is 6.63. The molecule has 0 saturated heterocycles. The molecule has 2 rings (SSSR count). The van der Waals surface area contributed by atoms with Gasteiger partial charge in [0.1, 0.15) is 11.5 Å². The summed E-state index contributed by atoms with van der Waals surface area (Å²) in [4.78, 5) is 0. The van der Waals surface area contributed by atoms with E-state index in [1.807, 2.05) is 6.92 Å². The van der Waals surface area contributed by atoms with Gasteiger partial charge in [0.15, 0.2) is 0 Å². The fourth-order valence-corrected chi connectivity index (χ4v) is 3.18. The molecular formula is C18H31NO2. The van der Waals surface area contributed by atoms with Gasteiger partial charge in [-0.1, -0.05) is 40.0 Å². The molecule has 0 spiro atoms. The summed E-state index contributed by atoms with van der Waals surface area (Å²) in [6.45, 7) is 10.1. The number of rotatable bonds is 7. The van der Waals surface area contributed by atoms with Crippen molar-refractivity contribution >= 4 is 0 Å². The molecule has 1 aliphatic carbocycles. The zero-order valence-corrected chi connectivity index (χ0v) is 14.1. The van der Waals surface area contributed by atoms with Crippen LogP contribution in [0.3, 0.4) is 0 Å². The fraction of sp³-hybridized carbons (Fsp3) is 0.778. The lowest BCUT2D eigenvalue weighted by atomic mass is 9.85. The van der Waals surface area contributed by atoms with Crippen molar-refractivity contribution in [3.63, 3.8) is 0 Å². The second kappa shape index (κ2) is 8.00. The maximum atomic E-state index is 6.21. The van der Waals surface area contributed by atoms with Crippen molar-refractivity contribution in [2.45, 2.75) is 85.1 Å². The molecule has 0 radical (unpaired) electrons. The minimum absolute atomic E-state index is 0.440. The first-order valence-corrected chi connectivity index (χ1v) is 8.53. The molecule has 2 unspecified atom stereocenters. The summed E-state index contributed by atoms with van der Waals surface area (Å²) in [5, 5.41) is 3.39. The zero-order valence-electron chi connectivity index (χ0n) is 14.1. The van der Waals surface area contributed by atoms with E-state index in [2.05, 4.69) is 32.2 Å². The summed E-state index contributed by atoms with van der Waals surface area (Å²) in [6, 6.07) is 2.62. The standard InChI is InChI=1S/C18H31NO2/c1-5-15-8-6-7-9-18(15)20-12-16-10-17(21-14(16)4)11-19-13(2)3/h10,13,15,18-19H,5-9,11-12H2,1-4H3. The van der Waals surface area contributed by atoms with Gasteiger partial charge in [-0.3, -0.25) is 0 Å². The molecule has 3 heteroatoms. The minimum Gasteiger partial charge on any atom is -0.465 e. The molecule has 21 heavy (non-hydrogen) atoms. The molecule has 120 valence electrons. The van der Waals surface area contributed by atoms with Crippen molar-refractivity contribution in [3.05, 3.63) is 23.2 Å². The van der Waals surface area contributed by atoms with Gasteiger partial charge in [0.05, 0.1) is 19.3 Å². The topological polar surface area (TPSA) is 34.4 Å². The molecule has 1 aromatic rings. The third kappa shape index (κ3) is 4.86. The van der Waals surface area contributed by atoms with Gasteiger partial charge in [0.25, 0.3) is 0 Å². The Morgan fingerprint density at radius 2 is 2.10 bits per heavy atom. The summed E-state index contributed by atoms with van der Waals surface area (Å²) in [5.74, 6) is 2.75. The first kappa shape index (κ1) is 16.6. The van der Waals surface area contributed by atoms with E-state index in [-0.39, 0.29) is 0 Å². The van der Waals surface area contributed by atoms with Crippen LogP contribution in [-0.4, -0.2) is 12.1 Å². The predicted molar refractivity (Wildman–Crippen MR) is 86.2 cm³/mol. The van der Waals surface area contributed by atoms with Gasteiger partial charge < -0.3 is 14.5 Å². The van der Waals surface area contributed by atoms with Gasteiger partial charge in [-0.2, -0.15) is 0 Å². The third-order valence-electron chi connectivity index (χ3n) is 4.57. The van der Waals surface area contributed by atoms with E-state index in [0.717, 1.165) is 24.0 Å². The molecule has 1 N–H and O–H groups in total. The Labute approximate surface area is 129 Å². The molecule has 2 atom stereocenters. The Morgan fingerprint density at radius 1 is 1.33 bits per heavy atom. The van der Waals surface area contributed by atoms with E-state index in [1.165, 1.54) is 37.7 Å². The summed E-state index contributed by atoms with van der Waals surface area (Å²) < 4.78 is 12.0. The van der Waals surface area contributed by atoms with Gasteiger partial charge in [-0.15, -0.1) is 0 Å². The first-order chi connectivity index (χ1) is 10.1. The highest BCUT2D eigenvalue weighted by Gasteiger charge is 2.24. The van der Waals surface area contributed by atoms with Crippen molar-refractivity contribution in [2.24, 2.45) is 5.92 Å². The van der Waals surface area contributed by atoms with E-state index in [4.69, 9.17) is 9.15 Å². The highest BCUT2D eigenvalue weighted by Crippen LogP contribution is 2.30. The maximum absolute atomic E-state index is 6.21. The van der Waals surface area contributed by atoms with Crippen LogP contribution in [0.25, 0.3) is 0 Å². The maximum Gasteiger partial charge on any atom is 0.118 e. The van der Waals surface area contributed by atoms with Crippen LogP contribution in [0.15, 0.2) is 10.5 Å². The second-order valence-corrected chi connectivity index (χ2v) is 6.63. The molecular weight excluding hydrogens is 262 g/mol. The summed E-state index contributed by atoms with van der Waals surface area (Å²) in [6.07, 6.45) is 6.91. The van der Waals surface area contributed by atoms with Gasteiger partial charge >= 0.3 is 0 Å². The average Bonchev–Trinajstić information content (AvgIpc) is 2.83.